The topological polar surface area (TPSA) is 241 Å². The van der Waals surface area contributed by atoms with Crippen molar-refractivity contribution in [2.45, 2.75) is 0 Å². The van der Waals surface area contributed by atoms with E-state index in [9.17, 15) is 0 Å². The van der Waals surface area contributed by atoms with E-state index in [2.05, 4.69) is 0 Å². The van der Waals surface area contributed by atoms with Crippen LogP contribution in [0, 0.1) is 0 Å². The first kappa shape index (κ1) is 31.1. The molecule has 0 radical (unpaired) electrons. The Hall–Kier alpha value is 1.58. The molecule has 0 aliphatic heterocycles. The minimum absolute atomic E-state index is 0. The summed E-state index contributed by atoms with van der Waals surface area (Å²) >= 11 is 0. The molecule has 0 saturated heterocycles. The molecular formula is CaO12S3Ti. The van der Waals surface area contributed by atoms with E-state index in [1.54, 1.807) is 0 Å². The quantitative estimate of drug-likeness (QED) is 0.221. The van der Waals surface area contributed by atoms with Gasteiger partial charge in [0.05, 0.1) is 0 Å². The van der Waals surface area contributed by atoms with Crippen LogP contribution in [-0.4, -0.2) is 90.3 Å². The van der Waals surface area contributed by atoms with Crippen LogP contribution < -0.4 is 0 Å². The Morgan fingerprint density at radius 3 is 0.471 bits per heavy atom. The average molecular weight is 376 g/mol. The Labute approximate surface area is 141 Å². The molecule has 0 heterocycles. The molecule has 0 bridgehead atoms. The van der Waals surface area contributed by atoms with Gasteiger partial charge in [-0.05, 0) is 0 Å². The first-order valence-corrected chi connectivity index (χ1v) is 6.00. The number of rotatable bonds is 0. The van der Waals surface area contributed by atoms with Crippen molar-refractivity contribution in [3.05, 3.63) is 0 Å². The van der Waals surface area contributed by atoms with E-state index >= 15 is 0 Å². The van der Waals surface area contributed by atoms with Crippen molar-refractivity contribution in [3.8, 4) is 0 Å². The van der Waals surface area contributed by atoms with Gasteiger partial charge in [-0.3, -0.25) is 25.3 Å². The van der Waals surface area contributed by atoms with Crippen LogP contribution in [0.5, 0.6) is 0 Å². The fourth-order valence-corrected chi connectivity index (χ4v) is 0. The average Bonchev–Trinajstić information content (AvgIpc) is 1.41. The van der Waals surface area contributed by atoms with Crippen LogP contribution in [-0.2, 0) is 52.9 Å². The molecule has 0 rings (SSSR count). The molecule has 0 unspecified atom stereocenters. The van der Waals surface area contributed by atoms with Gasteiger partial charge in [0.25, 0.3) is 0 Å². The first-order chi connectivity index (χ1) is 6.00. The maximum Gasteiger partial charge on any atom is 4.00 e. The van der Waals surface area contributed by atoms with E-state index in [1.807, 2.05) is 0 Å². The fraction of sp³-hybridized carbons (Fsp3) is 0. The van der Waals surface area contributed by atoms with Crippen molar-refractivity contribution < 1.29 is 74.3 Å². The van der Waals surface area contributed by atoms with Crippen LogP contribution in [0.25, 0.3) is 0 Å². The zero-order valence-corrected chi connectivity index (χ0v) is 13.6. The van der Waals surface area contributed by atoms with Crippen molar-refractivity contribution in [2.24, 2.45) is 0 Å². The van der Waals surface area contributed by atoms with Crippen LogP contribution in [0.15, 0.2) is 0 Å². The van der Waals surface area contributed by atoms with Gasteiger partial charge in [0, 0.05) is 31.2 Å². The molecule has 0 fully saturated rings. The minimum Gasteiger partial charge on any atom is -0.759 e. The second kappa shape index (κ2) is 12.6. The van der Waals surface area contributed by atoms with E-state index in [4.69, 9.17) is 52.6 Å². The fourth-order valence-electron chi connectivity index (χ4n) is 0. The predicted octanol–water partition coefficient (Wildman–Crippen LogP) is -4.40. The van der Waals surface area contributed by atoms with E-state index in [0.29, 0.717) is 0 Å². The van der Waals surface area contributed by atoms with E-state index in [-0.39, 0.29) is 59.5 Å². The van der Waals surface area contributed by atoms with Crippen LogP contribution in [0.1, 0.15) is 0 Å². The maximum absolute atomic E-state index is 8.52. The van der Waals surface area contributed by atoms with Crippen molar-refractivity contribution in [2.75, 3.05) is 0 Å². The Bertz CT molecular complexity index is 343. The van der Waals surface area contributed by atoms with Crippen molar-refractivity contribution in [1.82, 2.24) is 0 Å². The minimum atomic E-state index is -5.17. The summed E-state index contributed by atoms with van der Waals surface area (Å²) in [6.45, 7) is 0. The standard InChI is InChI=1S/Ca.3H2O4S.Ti/c;3*1-5(2,3)4;/h;3*(H2,1,2,3,4);/q+2;;;;+4/p-6. The van der Waals surface area contributed by atoms with Crippen LogP contribution >= 0.6 is 0 Å². The van der Waals surface area contributed by atoms with Crippen molar-refractivity contribution >= 4 is 68.9 Å². The van der Waals surface area contributed by atoms with Crippen LogP contribution in [0.2, 0.25) is 0 Å². The summed E-state index contributed by atoms with van der Waals surface area (Å²) < 4.78 is 102. The van der Waals surface area contributed by atoms with Gasteiger partial charge in [-0.1, -0.05) is 0 Å². The van der Waals surface area contributed by atoms with Crippen molar-refractivity contribution in [1.29, 1.82) is 0 Å². The summed E-state index contributed by atoms with van der Waals surface area (Å²) in [4.78, 5) is 0. The summed E-state index contributed by atoms with van der Waals surface area (Å²) in [5.74, 6) is 0. The largest absolute Gasteiger partial charge is 4.00 e. The van der Waals surface area contributed by atoms with Gasteiger partial charge >= 0.3 is 59.5 Å². The van der Waals surface area contributed by atoms with Crippen molar-refractivity contribution in [3.63, 3.8) is 0 Å². The van der Waals surface area contributed by atoms with Gasteiger partial charge in [-0.25, -0.2) is 0 Å². The molecule has 0 N–H and O–H groups in total. The molecule has 0 atom stereocenters. The first-order valence-electron chi connectivity index (χ1n) is 2.00. The molecule has 96 valence electrons. The third kappa shape index (κ3) is 1700. The zero-order valence-electron chi connectivity index (χ0n) is 7.33. The third-order valence-electron chi connectivity index (χ3n) is 0. The molecule has 0 aliphatic rings. The summed E-state index contributed by atoms with van der Waals surface area (Å²) in [6.07, 6.45) is 0. The Morgan fingerprint density at radius 1 is 0.471 bits per heavy atom. The summed E-state index contributed by atoms with van der Waals surface area (Å²) in [5, 5.41) is 0. The normalized spacial score (nSPS) is 10.2. The van der Waals surface area contributed by atoms with Gasteiger partial charge in [0.15, 0.2) is 0 Å². The molecule has 0 aromatic heterocycles. The monoisotopic (exact) mass is 376 g/mol. The molecule has 0 saturated carbocycles. The molecule has 17 heteroatoms. The SMILES string of the molecule is O=S(=O)([O-])[O-].O=S(=O)([O-])[O-].O=S(=O)([O-])[O-].[Ca+2].[Ti+4]. The van der Waals surface area contributed by atoms with Gasteiger partial charge in [-0.15, -0.1) is 0 Å². The molecule has 0 aromatic rings. The van der Waals surface area contributed by atoms with Crippen LogP contribution in [0.4, 0.5) is 0 Å². The summed E-state index contributed by atoms with van der Waals surface area (Å²) in [7, 11) is -15.5. The molecule has 0 aliphatic carbocycles. The Kier molecular flexibility index (Phi) is 23.1. The second-order valence-corrected chi connectivity index (χ2v) is 3.67. The van der Waals surface area contributed by atoms with Gasteiger partial charge < -0.3 is 27.3 Å². The second-order valence-electron chi connectivity index (χ2n) is 1.22. The maximum atomic E-state index is 8.52. The zero-order chi connectivity index (χ0) is 13.5. The Morgan fingerprint density at radius 2 is 0.471 bits per heavy atom. The number of hydrogen-bond acceptors (Lipinski definition) is 12. The van der Waals surface area contributed by atoms with E-state index in [1.165, 1.54) is 0 Å². The van der Waals surface area contributed by atoms with Gasteiger partial charge in [0.2, 0.25) is 0 Å². The predicted molar refractivity (Wildman–Crippen MR) is 37.2 cm³/mol. The molecule has 17 heavy (non-hydrogen) atoms. The molecule has 0 amide bonds. The third-order valence-corrected chi connectivity index (χ3v) is 0. The van der Waals surface area contributed by atoms with E-state index in [0.717, 1.165) is 0 Å². The van der Waals surface area contributed by atoms with Gasteiger partial charge in [-0.2, -0.15) is 0 Å². The molecule has 0 aromatic carbocycles. The molecule has 0 spiro atoms. The van der Waals surface area contributed by atoms with E-state index < -0.39 is 31.2 Å². The molecular weight excluding hydrogens is 376 g/mol. The molecule has 12 nitrogen and oxygen atoms in total. The number of hydrogen-bond donors (Lipinski definition) is 0. The summed E-state index contributed by atoms with van der Waals surface area (Å²) in [5.41, 5.74) is 0. The summed E-state index contributed by atoms with van der Waals surface area (Å²) in [6, 6.07) is 0. The Balaban J connectivity index is -0.0000000400. The smallest absolute Gasteiger partial charge is 0.759 e. The van der Waals surface area contributed by atoms with Crippen LogP contribution in [0.3, 0.4) is 0 Å². The van der Waals surface area contributed by atoms with Gasteiger partial charge in [0.1, 0.15) is 0 Å².